The van der Waals surface area contributed by atoms with Crippen LogP contribution in [0.25, 0.3) is 0 Å². The molecule has 0 atom stereocenters. The van der Waals surface area contributed by atoms with Gasteiger partial charge in [-0.15, -0.1) is 0 Å². The first kappa shape index (κ1) is 19.8. The van der Waals surface area contributed by atoms with Crippen LogP contribution in [0.15, 0.2) is 36.4 Å². The van der Waals surface area contributed by atoms with Crippen molar-refractivity contribution in [3.63, 3.8) is 0 Å². The molecule has 0 saturated carbocycles. The Hall–Kier alpha value is -3.49. The van der Waals surface area contributed by atoms with E-state index in [9.17, 15) is 23.2 Å². The van der Waals surface area contributed by atoms with Crippen LogP contribution in [0.4, 0.5) is 14.5 Å². The zero-order chi connectivity index (χ0) is 19.8. The van der Waals surface area contributed by atoms with Crippen molar-refractivity contribution in [3.8, 4) is 11.5 Å². The highest BCUT2D eigenvalue weighted by molar-refractivity contribution is 5.92. The lowest BCUT2D eigenvalue weighted by atomic mass is 10.2. The number of hydrogen-bond donors (Lipinski definition) is 1. The molecule has 0 saturated heterocycles. The Kier molecular flexibility index (Phi) is 6.81. The van der Waals surface area contributed by atoms with E-state index in [2.05, 4.69) is 5.32 Å². The maximum Gasteiger partial charge on any atom is 0.344 e. The Morgan fingerprint density at radius 3 is 2.48 bits per heavy atom. The van der Waals surface area contributed by atoms with Crippen LogP contribution in [0, 0.1) is 11.6 Å². The Morgan fingerprint density at radius 1 is 1.04 bits per heavy atom. The number of esters is 1. The highest BCUT2D eigenvalue weighted by Crippen LogP contribution is 2.27. The highest BCUT2D eigenvalue weighted by atomic mass is 19.2. The molecule has 0 fully saturated rings. The SMILES string of the molecule is COc1cc(C=O)ccc1OCC(=O)OCC(=O)Nc1ccc(F)c(F)c1. The highest BCUT2D eigenvalue weighted by Gasteiger charge is 2.12. The Bertz CT molecular complexity index is 856. The molecule has 2 aromatic rings. The van der Waals surface area contributed by atoms with Crippen molar-refractivity contribution in [1.82, 2.24) is 0 Å². The van der Waals surface area contributed by atoms with Crippen molar-refractivity contribution in [2.45, 2.75) is 0 Å². The summed E-state index contributed by atoms with van der Waals surface area (Å²) in [4.78, 5) is 34.0. The van der Waals surface area contributed by atoms with E-state index in [0.717, 1.165) is 18.2 Å². The van der Waals surface area contributed by atoms with E-state index in [1.807, 2.05) is 0 Å². The fourth-order valence-electron chi connectivity index (χ4n) is 1.97. The summed E-state index contributed by atoms with van der Waals surface area (Å²) in [6, 6.07) is 7.18. The van der Waals surface area contributed by atoms with Crippen molar-refractivity contribution in [2.75, 3.05) is 25.6 Å². The molecule has 0 aliphatic carbocycles. The van der Waals surface area contributed by atoms with Crippen LogP contribution in [0.3, 0.4) is 0 Å². The monoisotopic (exact) mass is 379 g/mol. The first-order chi connectivity index (χ1) is 12.9. The second kappa shape index (κ2) is 9.27. The van der Waals surface area contributed by atoms with E-state index in [-0.39, 0.29) is 17.2 Å². The second-order valence-electron chi connectivity index (χ2n) is 5.15. The summed E-state index contributed by atoms with van der Waals surface area (Å²) < 4.78 is 40.9. The van der Waals surface area contributed by atoms with Crippen LogP contribution >= 0.6 is 0 Å². The van der Waals surface area contributed by atoms with Crippen LogP contribution < -0.4 is 14.8 Å². The smallest absolute Gasteiger partial charge is 0.344 e. The molecular formula is C18H15F2NO6. The number of aldehydes is 1. The Morgan fingerprint density at radius 2 is 1.81 bits per heavy atom. The predicted molar refractivity (Wildman–Crippen MR) is 89.8 cm³/mol. The van der Waals surface area contributed by atoms with Gasteiger partial charge in [-0.05, 0) is 30.3 Å². The molecule has 2 aromatic carbocycles. The van der Waals surface area contributed by atoms with E-state index in [0.29, 0.717) is 11.8 Å². The van der Waals surface area contributed by atoms with Crippen molar-refractivity contribution >= 4 is 23.9 Å². The molecule has 0 bridgehead atoms. The van der Waals surface area contributed by atoms with Crippen LogP contribution in [-0.2, 0) is 14.3 Å². The van der Waals surface area contributed by atoms with Gasteiger partial charge < -0.3 is 19.5 Å². The molecule has 0 radical (unpaired) electrons. The van der Waals surface area contributed by atoms with Gasteiger partial charge in [-0.25, -0.2) is 13.6 Å². The number of rotatable bonds is 8. The van der Waals surface area contributed by atoms with Gasteiger partial charge in [0.25, 0.3) is 5.91 Å². The lowest BCUT2D eigenvalue weighted by Gasteiger charge is -2.11. The van der Waals surface area contributed by atoms with Crippen molar-refractivity contribution in [1.29, 1.82) is 0 Å². The van der Waals surface area contributed by atoms with Gasteiger partial charge in [-0.2, -0.15) is 0 Å². The zero-order valence-corrected chi connectivity index (χ0v) is 14.2. The van der Waals surface area contributed by atoms with Gasteiger partial charge in [0.1, 0.15) is 6.29 Å². The molecule has 0 unspecified atom stereocenters. The summed E-state index contributed by atoms with van der Waals surface area (Å²) in [5, 5.41) is 2.25. The summed E-state index contributed by atoms with van der Waals surface area (Å²) in [6.45, 7) is -1.14. The minimum Gasteiger partial charge on any atom is -0.493 e. The van der Waals surface area contributed by atoms with Gasteiger partial charge in [-0.3, -0.25) is 9.59 Å². The quantitative estimate of drug-likeness (QED) is 0.559. The largest absolute Gasteiger partial charge is 0.493 e. The lowest BCUT2D eigenvalue weighted by molar-refractivity contribution is -0.149. The lowest BCUT2D eigenvalue weighted by Crippen LogP contribution is -2.23. The molecule has 0 aliphatic heterocycles. The summed E-state index contributed by atoms with van der Waals surface area (Å²) in [5.41, 5.74) is 0.391. The molecule has 7 nitrogen and oxygen atoms in total. The Balaban J connectivity index is 1.81. The van der Waals surface area contributed by atoms with Crippen LogP contribution in [0.5, 0.6) is 11.5 Å². The van der Waals surface area contributed by atoms with Gasteiger partial charge in [-0.1, -0.05) is 0 Å². The van der Waals surface area contributed by atoms with E-state index in [1.165, 1.54) is 25.3 Å². The summed E-state index contributed by atoms with van der Waals surface area (Å²) >= 11 is 0. The van der Waals surface area contributed by atoms with E-state index < -0.39 is 36.7 Å². The van der Waals surface area contributed by atoms with Crippen LogP contribution in [-0.4, -0.2) is 38.5 Å². The van der Waals surface area contributed by atoms with Gasteiger partial charge >= 0.3 is 5.97 Å². The topological polar surface area (TPSA) is 90.9 Å². The number of methoxy groups -OCH3 is 1. The maximum atomic E-state index is 13.1. The number of carbonyl (C=O) groups is 3. The zero-order valence-electron chi connectivity index (χ0n) is 14.2. The van der Waals surface area contributed by atoms with E-state index in [4.69, 9.17) is 14.2 Å². The molecule has 27 heavy (non-hydrogen) atoms. The average Bonchev–Trinajstić information content (AvgIpc) is 2.67. The fourth-order valence-corrected chi connectivity index (χ4v) is 1.97. The molecule has 9 heteroatoms. The van der Waals surface area contributed by atoms with Gasteiger partial charge in [0, 0.05) is 17.3 Å². The third kappa shape index (κ3) is 5.77. The minimum absolute atomic E-state index is 0.0196. The minimum atomic E-state index is -1.12. The summed E-state index contributed by atoms with van der Waals surface area (Å²) in [6.07, 6.45) is 0.631. The fraction of sp³-hybridized carbons (Fsp3) is 0.167. The predicted octanol–water partition coefficient (Wildman–Crippen LogP) is 2.35. The molecule has 0 heterocycles. The van der Waals surface area contributed by atoms with Gasteiger partial charge in [0.05, 0.1) is 7.11 Å². The van der Waals surface area contributed by atoms with Crippen LogP contribution in [0.2, 0.25) is 0 Å². The molecule has 1 amide bonds. The van der Waals surface area contributed by atoms with Gasteiger partial charge in [0.2, 0.25) is 0 Å². The van der Waals surface area contributed by atoms with Crippen molar-refractivity contribution in [2.24, 2.45) is 0 Å². The maximum absolute atomic E-state index is 13.1. The van der Waals surface area contributed by atoms with Crippen LogP contribution in [0.1, 0.15) is 10.4 Å². The first-order valence-electron chi connectivity index (χ1n) is 7.59. The summed E-state index contributed by atoms with van der Waals surface area (Å²) in [7, 11) is 1.37. The third-order valence-corrected chi connectivity index (χ3v) is 3.24. The molecule has 2 rings (SSSR count). The molecule has 1 N–H and O–H groups in total. The van der Waals surface area contributed by atoms with E-state index >= 15 is 0 Å². The number of ether oxygens (including phenoxy) is 3. The number of benzene rings is 2. The number of carbonyl (C=O) groups excluding carboxylic acids is 3. The second-order valence-corrected chi connectivity index (χ2v) is 5.15. The average molecular weight is 379 g/mol. The number of amides is 1. The molecule has 0 spiro atoms. The molecule has 0 aromatic heterocycles. The number of hydrogen-bond acceptors (Lipinski definition) is 6. The number of halogens is 2. The first-order valence-corrected chi connectivity index (χ1v) is 7.59. The molecular weight excluding hydrogens is 364 g/mol. The standard InChI is InChI=1S/C18H15F2NO6/c1-25-16-6-11(8-22)2-5-15(16)26-10-18(24)27-9-17(23)21-12-3-4-13(19)14(20)7-12/h2-8H,9-10H2,1H3,(H,21,23). The van der Waals surface area contributed by atoms with E-state index in [1.54, 1.807) is 0 Å². The van der Waals surface area contributed by atoms with Gasteiger partial charge in [0.15, 0.2) is 36.3 Å². The molecule has 142 valence electrons. The van der Waals surface area contributed by atoms with Crippen molar-refractivity contribution < 1.29 is 37.4 Å². The normalized spacial score (nSPS) is 10.0. The third-order valence-electron chi connectivity index (χ3n) is 3.24. The van der Waals surface area contributed by atoms with Crippen molar-refractivity contribution in [3.05, 3.63) is 53.6 Å². The Labute approximate surface area is 152 Å². The molecule has 0 aliphatic rings. The number of nitrogens with one attached hydrogen (secondary N) is 1. The summed E-state index contributed by atoms with van der Waals surface area (Å²) in [5.74, 6) is -3.27. The number of anilines is 1.